The van der Waals surface area contributed by atoms with E-state index in [1.54, 1.807) is 30.3 Å². The van der Waals surface area contributed by atoms with Crippen LogP contribution in [0.4, 0.5) is 5.69 Å². The first kappa shape index (κ1) is 23.6. The van der Waals surface area contributed by atoms with Crippen LogP contribution >= 0.6 is 15.9 Å². The molecular formula is C23H18BrN3O6. The molecule has 0 aromatic heterocycles. The number of esters is 1. The number of carbonyl (C=O) groups excluding carboxylic acids is 2. The lowest BCUT2D eigenvalue weighted by molar-refractivity contribution is -0.384. The third-order valence-electron chi connectivity index (χ3n) is 4.35. The van der Waals surface area contributed by atoms with Crippen LogP contribution in [0.3, 0.4) is 0 Å². The number of hydrazone groups is 1. The largest absolute Gasteiger partial charge is 0.484 e. The molecule has 0 heterocycles. The summed E-state index contributed by atoms with van der Waals surface area (Å²) in [6.45, 7) is 1.47. The Hall–Kier alpha value is -4.05. The molecule has 9 nitrogen and oxygen atoms in total. The summed E-state index contributed by atoms with van der Waals surface area (Å²) >= 11 is 3.35. The van der Waals surface area contributed by atoms with E-state index in [4.69, 9.17) is 9.47 Å². The van der Waals surface area contributed by atoms with E-state index in [0.717, 1.165) is 10.0 Å². The summed E-state index contributed by atoms with van der Waals surface area (Å²) in [5.41, 5.74) is 3.93. The highest BCUT2D eigenvalue weighted by Crippen LogP contribution is 2.23. The summed E-state index contributed by atoms with van der Waals surface area (Å²) in [5, 5.41) is 14.5. The van der Waals surface area contributed by atoms with Crippen LogP contribution < -0.4 is 14.9 Å². The van der Waals surface area contributed by atoms with Crippen LogP contribution in [0.15, 0.2) is 76.3 Å². The Labute approximate surface area is 197 Å². The lowest BCUT2D eigenvalue weighted by Crippen LogP contribution is -2.24. The number of non-ortho nitro benzene ring substituents is 1. The molecule has 0 bridgehead atoms. The van der Waals surface area contributed by atoms with Gasteiger partial charge in [-0.1, -0.05) is 34.1 Å². The van der Waals surface area contributed by atoms with E-state index >= 15 is 0 Å². The van der Waals surface area contributed by atoms with Crippen LogP contribution in [0.2, 0.25) is 0 Å². The maximum Gasteiger partial charge on any atom is 0.343 e. The molecule has 0 atom stereocenters. The minimum absolute atomic E-state index is 0.0793. The van der Waals surface area contributed by atoms with E-state index in [2.05, 4.69) is 26.5 Å². The topological polar surface area (TPSA) is 120 Å². The minimum Gasteiger partial charge on any atom is -0.484 e. The molecule has 168 valence electrons. The van der Waals surface area contributed by atoms with Crippen molar-refractivity contribution in [3.8, 4) is 11.5 Å². The van der Waals surface area contributed by atoms with Gasteiger partial charge in [-0.15, -0.1) is 0 Å². The van der Waals surface area contributed by atoms with Crippen molar-refractivity contribution in [2.75, 3.05) is 6.61 Å². The van der Waals surface area contributed by atoms with Gasteiger partial charge in [0.2, 0.25) is 0 Å². The normalized spacial score (nSPS) is 10.6. The summed E-state index contributed by atoms with van der Waals surface area (Å²) in [5.74, 6) is -0.479. The van der Waals surface area contributed by atoms with Gasteiger partial charge in [-0.25, -0.2) is 10.2 Å². The molecule has 0 radical (unpaired) electrons. The number of carbonyl (C=O) groups is 2. The number of ether oxygens (including phenoxy) is 2. The predicted octanol–water partition coefficient (Wildman–Crippen LogP) is 4.41. The number of nitro benzene ring substituents is 1. The summed E-state index contributed by atoms with van der Waals surface area (Å²) in [7, 11) is 0. The van der Waals surface area contributed by atoms with Crippen LogP contribution in [0.5, 0.6) is 11.5 Å². The van der Waals surface area contributed by atoms with Crippen LogP contribution in [0.25, 0.3) is 0 Å². The Bertz CT molecular complexity index is 1210. The molecule has 3 rings (SSSR count). The number of hydrogen-bond acceptors (Lipinski definition) is 7. The van der Waals surface area contributed by atoms with Gasteiger partial charge >= 0.3 is 5.97 Å². The zero-order valence-electron chi connectivity index (χ0n) is 17.4. The first-order valence-electron chi connectivity index (χ1n) is 9.60. The average Bonchev–Trinajstić information content (AvgIpc) is 2.80. The fraction of sp³-hybridized carbons (Fsp3) is 0.0870. The third kappa shape index (κ3) is 6.71. The molecule has 0 aliphatic rings. The fourth-order valence-corrected chi connectivity index (χ4v) is 3.07. The van der Waals surface area contributed by atoms with E-state index < -0.39 is 16.8 Å². The molecule has 0 unspecified atom stereocenters. The number of nitrogens with one attached hydrogen (secondary N) is 1. The quantitative estimate of drug-likeness (QED) is 0.157. The van der Waals surface area contributed by atoms with E-state index in [1.165, 1.54) is 30.5 Å². The van der Waals surface area contributed by atoms with Crippen molar-refractivity contribution < 1.29 is 24.0 Å². The number of rotatable bonds is 8. The van der Waals surface area contributed by atoms with Gasteiger partial charge in [0.1, 0.15) is 11.5 Å². The number of nitro groups is 1. The lowest BCUT2D eigenvalue weighted by Gasteiger charge is -2.09. The Morgan fingerprint density at radius 1 is 1.12 bits per heavy atom. The number of amides is 1. The van der Waals surface area contributed by atoms with Gasteiger partial charge < -0.3 is 9.47 Å². The van der Waals surface area contributed by atoms with Gasteiger partial charge in [0.05, 0.1) is 16.7 Å². The summed E-state index contributed by atoms with van der Waals surface area (Å²) in [6.07, 6.45) is 1.34. The van der Waals surface area contributed by atoms with Crippen molar-refractivity contribution in [3.63, 3.8) is 0 Å². The van der Waals surface area contributed by atoms with Crippen LogP contribution in [-0.4, -0.2) is 29.6 Å². The average molecular weight is 512 g/mol. The number of hydrogen-bond donors (Lipinski definition) is 1. The van der Waals surface area contributed by atoms with Crippen LogP contribution in [0.1, 0.15) is 21.5 Å². The van der Waals surface area contributed by atoms with Crippen molar-refractivity contribution in [3.05, 3.63) is 98.0 Å². The van der Waals surface area contributed by atoms with Crippen molar-refractivity contribution in [2.45, 2.75) is 6.92 Å². The predicted molar refractivity (Wildman–Crippen MR) is 125 cm³/mol. The Morgan fingerprint density at radius 2 is 1.85 bits per heavy atom. The molecule has 10 heteroatoms. The molecule has 0 saturated carbocycles. The second-order valence-corrected chi connectivity index (χ2v) is 7.64. The summed E-state index contributed by atoms with van der Waals surface area (Å²) in [6, 6.07) is 17.4. The van der Waals surface area contributed by atoms with Gasteiger partial charge in [0.25, 0.3) is 11.6 Å². The van der Waals surface area contributed by atoms with E-state index in [0.29, 0.717) is 16.9 Å². The van der Waals surface area contributed by atoms with E-state index in [1.807, 2.05) is 19.1 Å². The molecule has 3 aromatic rings. The van der Waals surface area contributed by atoms with Crippen molar-refractivity contribution >= 4 is 39.7 Å². The highest BCUT2D eigenvalue weighted by atomic mass is 79.9. The van der Waals surface area contributed by atoms with E-state index in [-0.39, 0.29) is 18.0 Å². The smallest absolute Gasteiger partial charge is 0.343 e. The van der Waals surface area contributed by atoms with Crippen molar-refractivity contribution in [1.29, 1.82) is 0 Å². The zero-order valence-corrected chi connectivity index (χ0v) is 18.9. The van der Waals surface area contributed by atoms with Gasteiger partial charge in [-0.05, 0) is 48.9 Å². The number of nitrogens with zero attached hydrogens (tertiary/aromatic N) is 2. The SMILES string of the molecule is Cc1ccccc1C(=O)Oc1ccc(Br)cc1/C=N\NC(=O)COc1ccc([N+](=O)[O-])cc1. The van der Waals surface area contributed by atoms with Crippen LogP contribution in [-0.2, 0) is 4.79 Å². The molecule has 0 fully saturated rings. The summed E-state index contributed by atoms with van der Waals surface area (Å²) in [4.78, 5) is 34.6. The number of benzene rings is 3. The molecular weight excluding hydrogens is 494 g/mol. The zero-order chi connectivity index (χ0) is 23.8. The minimum atomic E-state index is -0.543. The molecule has 0 aliphatic carbocycles. The van der Waals surface area contributed by atoms with Crippen LogP contribution in [0, 0.1) is 17.0 Å². The number of aryl methyl sites for hydroxylation is 1. The lowest BCUT2D eigenvalue weighted by atomic mass is 10.1. The molecule has 1 N–H and O–H groups in total. The number of halogens is 1. The standard InChI is InChI=1S/C23H18BrN3O6/c1-15-4-2-3-5-20(15)23(29)33-21-11-6-17(24)12-16(21)13-25-26-22(28)14-32-19-9-7-18(8-10-19)27(30)31/h2-13H,14H2,1H3,(H,26,28)/b25-13-. The first-order valence-corrected chi connectivity index (χ1v) is 10.4. The second-order valence-electron chi connectivity index (χ2n) is 6.72. The third-order valence-corrected chi connectivity index (χ3v) is 4.84. The molecule has 33 heavy (non-hydrogen) atoms. The summed E-state index contributed by atoms with van der Waals surface area (Å²) < 4.78 is 11.5. The Balaban J connectivity index is 1.60. The Kier molecular flexibility index (Phi) is 7.87. The van der Waals surface area contributed by atoms with Gasteiger partial charge in [0.15, 0.2) is 6.61 Å². The highest BCUT2D eigenvalue weighted by molar-refractivity contribution is 9.10. The molecule has 0 aliphatic heterocycles. The van der Waals surface area contributed by atoms with Crippen molar-refractivity contribution in [1.82, 2.24) is 5.43 Å². The molecule has 3 aromatic carbocycles. The maximum absolute atomic E-state index is 12.5. The van der Waals surface area contributed by atoms with Gasteiger partial charge in [0, 0.05) is 22.2 Å². The molecule has 0 spiro atoms. The monoisotopic (exact) mass is 511 g/mol. The van der Waals surface area contributed by atoms with E-state index in [9.17, 15) is 19.7 Å². The highest BCUT2D eigenvalue weighted by Gasteiger charge is 2.13. The van der Waals surface area contributed by atoms with Gasteiger partial charge in [-0.3, -0.25) is 14.9 Å². The molecule has 0 saturated heterocycles. The second kappa shape index (κ2) is 11.0. The molecule has 1 amide bonds. The van der Waals surface area contributed by atoms with Gasteiger partial charge in [-0.2, -0.15) is 5.10 Å². The Morgan fingerprint density at radius 3 is 2.55 bits per heavy atom. The maximum atomic E-state index is 12.5. The fourth-order valence-electron chi connectivity index (χ4n) is 2.69. The van der Waals surface area contributed by atoms with Crippen molar-refractivity contribution in [2.24, 2.45) is 5.10 Å². The first-order chi connectivity index (χ1) is 15.8.